The van der Waals surface area contributed by atoms with Crippen molar-refractivity contribution in [1.82, 2.24) is 19.6 Å². The highest BCUT2D eigenvalue weighted by Crippen LogP contribution is 2.33. The van der Waals surface area contributed by atoms with E-state index in [0.29, 0.717) is 29.5 Å². The van der Waals surface area contributed by atoms with Crippen molar-refractivity contribution in [3.63, 3.8) is 0 Å². The summed E-state index contributed by atoms with van der Waals surface area (Å²) in [5.41, 5.74) is 4.01. The summed E-state index contributed by atoms with van der Waals surface area (Å²) in [7, 11) is 1.63. The van der Waals surface area contributed by atoms with Gasteiger partial charge in [0, 0.05) is 43.3 Å². The van der Waals surface area contributed by atoms with Crippen LogP contribution in [0.3, 0.4) is 0 Å². The van der Waals surface area contributed by atoms with Crippen LogP contribution in [0.4, 0.5) is 0 Å². The average Bonchev–Trinajstić information content (AvgIpc) is 3.61. The van der Waals surface area contributed by atoms with E-state index in [9.17, 15) is 4.79 Å². The maximum atomic E-state index is 13.8. The Morgan fingerprint density at radius 1 is 0.947 bits per heavy atom. The fourth-order valence-corrected chi connectivity index (χ4v) is 4.99. The molecule has 194 valence electrons. The zero-order chi connectivity index (χ0) is 26.1. The molecule has 38 heavy (non-hydrogen) atoms. The molecule has 0 saturated carbocycles. The monoisotopic (exact) mass is 530 g/mol. The molecule has 2 aliphatic rings. The first kappa shape index (κ1) is 24.3. The molecule has 3 heterocycles. The average molecular weight is 531 g/mol. The van der Waals surface area contributed by atoms with Crippen LogP contribution >= 0.6 is 11.6 Å². The number of hydrogen-bond acceptors (Lipinski definition) is 6. The van der Waals surface area contributed by atoms with Gasteiger partial charge in [-0.3, -0.25) is 9.69 Å². The minimum atomic E-state index is -0.0556. The number of rotatable bonds is 6. The molecule has 3 aromatic carbocycles. The van der Waals surface area contributed by atoms with Gasteiger partial charge >= 0.3 is 0 Å². The molecule has 0 spiro atoms. The van der Waals surface area contributed by atoms with Crippen LogP contribution in [-0.4, -0.2) is 65.6 Å². The molecule has 6 rings (SSSR count). The summed E-state index contributed by atoms with van der Waals surface area (Å²) in [6, 6.07) is 22.9. The number of benzene rings is 3. The summed E-state index contributed by atoms with van der Waals surface area (Å²) < 4.78 is 17.9. The van der Waals surface area contributed by atoms with Crippen molar-refractivity contribution < 1.29 is 19.0 Å². The van der Waals surface area contributed by atoms with E-state index in [1.165, 1.54) is 0 Å². The molecule has 1 aromatic heterocycles. The molecule has 9 heteroatoms. The lowest BCUT2D eigenvalue weighted by molar-refractivity contribution is 0.0619. The van der Waals surface area contributed by atoms with Crippen LogP contribution in [-0.2, 0) is 6.54 Å². The molecular formula is C29H27ClN4O4. The second-order valence-corrected chi connectivity index (χ2v) is 9.73. The number of halogens is 1. The maximum Gasteiger partial charge on any atom is 0.272 e. The van der Waals surface area contributed by atoms with E-state index in [-0.39, 0.29) is 12.7 Å². The highest BCUT2D eigenvalue weighted by Gasteiger charge is 2.27. The number of nitrogens with zero attached hydrogens (tertiary/aromatic N) is 4. The van der Waals surface area contributed by atoms with E-state index >= 15 is 0 Å². The van der Waals surface area contributed by atoms with Gasteiger partial charge in [0.15, 0.2) is 11.5 Å². The Morgan fingerprint density at radius 3 is 2.50 bits per heavy atom. The zero-order valence-electron chi connectivity index (χ0n) is 21.0. The third kappa shape index (κ3) is 4.92. The topological polar surface area (TPSA) is 69.1 Å². The first-order valence-corrected chi connectivity index (χ1v) is 12.9. The van der Waals surface area contributed by atoms with Crippen LogP contribution in [0.1, 0.15) is 16.1 Å². The number of hydrogen-bond donors (Lipinski definition) is 0. The quantitative estimate of drug-likeness (QED) is 0.354. The van der Waals surface area contributed by atoms with Crippen LogP contribution in [0, 0.1) is 0 Å². The van der Waals surface area contributed by atoms with Crippen LogP contribution < -0.4 is 14.2 Å². The standard InChI is InChI=1S/C29H27ClN4O4/c1-36-24-8-6-21(7-9-24)25-17-26(34(31-25)23-4-2-3-22(30)16-23)29(35)33-13-11-32(12-14-33)18-20-5-10-27-28(15-20)38-19-37-27/h2-10,15-17H,11-14,18-19H2,1H3. The number of ether oxygens (including phenoxy) is 3. The SMILES string of the molecule is COc1ccc(-c2cc(C(=O)N3CCN(Cc4ccc5c(c4)OCO5)CC3)n(-c3cccc(Cl)c3)n2)cc1. The Bertz CT molecular complexity index is 1460. The molecule has 0 unspecified atom stereocenters. The van der Waals surface area contributed by atoms with Gasteiger partial charge in [-0.15, -0.1) is 0 Å². The Labute approximate surface area is 225 Å². The molecule has 1 saturated heterocycles. The van der Waals surface area contributed by atoms with Gasteiger partial charge < -0.3 is 19.1 Å². The summed E-state index contributed by atoms with van der Waals surface area (Å²) in [4.78, 5) is 18.0. The summed E-state index contributed by atoms with van der Waals surface area (Å²) in [5.74, 6) is 2.28. The molecule has 8 nitrogen and oxygen atoms in total. The Hall–Kier alpha value is -4.01. The van der Waals surface area contributed by atoms with Gasteiger partial charge in [-0.25, -0.2) is 4.68 Å². The summed E-state index contributed by atoms with van der Waals surface area (Å²) in [5, 5.41) is 5.38. The minimum absolute atomic E-state index is 0.0556. The molecule has 4 aromatic rings. The van der Waals surface area contributed by atoms with Gasteiger partial charge in [-0.2, -0.15) is 5.10 Å². The molecule has 1 amide bonds. The highest BCUT2D eigenvalue weighted by atomic mass is 35.5. The van der Waals surface area contributed by atoms with Crippen molar-refractivity contribution in [2.24, 2.45) is 0 Å². The van der Waals surface area contributed by atoms with E-state index in [4.69, 9.17) is 30.9 Å². The van der Waals surface area contributed by atoms with Crippen LogP contribution in [0.15, 0.2) is 72.8 Å². The molecule has 0 bridgehead atoms. The molecule has 0 N–H and O–H groups in total. The number of carbonyl (C=O) groups is 1. The number of methoxy groups -OCH3 is 1. The summed E-state index contributed by atoms with van der Waals surface area (Å²) in [6.07, 6.45) is 0. The summed E-state index contributed by atoms with van der Waals surface area (Å²) in [6.45, 7) is 3.86. The van der Waals surface area contributed by atoms with Crippen molar-refractivity contribution in [1.29, 1.82) is 0 Å². The van der Waals surface area contributed by atoms with Crippen molar-refractivity contribution in [2.45, 2.75) is 6.54 Å². The normalized spacial score (nSPS) is 15.1. The van der Waals surface area contributed by atoms with Crippen molar-refractivity contribution in [3.8, 4) is 34.2 Å². The molecule has 0 atom stereocenters. The lowest BCUT2D eigenvalue weighted by Gasteiger charge is -2.34. The Balaban J connectivity index is 1.21. The third-order valence-corrected chi connectivity index (χ3v) is 7.10. The van der Waals surface area contributed by atoms with Crippen LogP contribution in [0.2, 0.25) is 5.02 Å². The first-order chi connectivity index (χ1) is 18.6. The maximum absolute atomic E-state index is 13.8. The van der Waals surface area contributed by atoms with Gasteiger partial charge in [0.1, 0.15) is 11.4 Å². The first-order valence-electron chi connectivity index (χ1n) is 12.5. The van der Waals surface area contributed by atoms with Crippen LogP contribution in [0.5, 0.6) is 17.2 Å². The van der Waals surface area contributed by atoms with Gasteiger partial charge in [0.2, 0.25) is 6.79 Å². The fourth-order valence-electron chi connectivity index (χ4n) is 4.81. The number of piperazine rings is 1. The van der Waals surface area contributed by atoms with Gasteiger partial charge in [0.25, 0.3) is 5.91 Å². The predicted octanol–water partition coefficient (Wildman–Crippen LogP) is 4.89. The van der Waals surface area contributed by atoms with Gasteiger partial charge in [-0.1, -0.05) is 23.7 Å². The van der Waals surface area contributed by atoms with E-state index in [2.05, 4.69) is 11.0 Å². The molecule has 0 aliphatic carbocycles. The number of fused-ring (bicyclic) bond motifs is 1. The minimum Gasteiger partial charge on any atom is -0.497 e. The Kier molecular flexibility index (Phi) is 6.66. The van der Waals surface area contributed by atoms with Crippen LogP contribution in [0.25, 0.3) is 16.9 Å². The van der Waals surface area contributed by atoms with E-state index < -0.39 is 0 Å². The summed E-state index contributed by atoms with van der Waals surface area (Å²) >= 11 is 6.28. The van der Waals surface area contributed by atoms with E-state index in [1.54, 1.807) is 17.9 Å². The zero-order valence-corrected chi connectivity index (χ0v) is 21.7. The predicted molar refractivity (Wildman–Crippen MR) is 144 cm³/mol. The fraction of sp³-hybridized carbons (Fsp3) is 0.241. The molecule has 0 radical (unpaired) electrons. The molecule has 2 aliphatic heterocycles. The van der Waals surface area contributed by atoms with E-state index in [1.807, 2.05) is 65.6 Å². The van der Waals surface area contributed by atoms with E-state index in [0.717, 1.165) is 53.7 Å². The second kappa shape index (κ2) is 10.4. The lowest BCUT2D eigenvalue weighted by Crippen LogP contribution is -2.48. The lowest BCUT2D eigenvalue weighted by atomic mass is 10.1. The Morgan fingerprint density at radius 2 is 1.74 bits per heavy atom. The number of carbonyl (C=O) groups excluding carboxylic acids is 1. The molecule has 1 fully saturated rings. The van der Waals surface area contributed by atoms with Crippen molar-refractivity contribution >= 4 is 17.5 Å². The smallest absolute Gasteiger partial charge is 0.272 e. The number of aromatic nitrogens is 2. The highest BCUT2D eigenvalue weighted by molar-refractivity contribution is 6.30. The van der Waals surface area contributed by atoms with Crippen molar-refractivity contribution in [2.75, 3.05) is 40.1 Å². The number of amides is 1. The van der Waals surface area contributed by atoms with Crippen molar-refractivity contribution in [3.05, 3.63) is 89.1 Å². The largest absolute Gasteiger partial charge is 0.497 e. The van der Waals surface area contributed by atoms with Gasteiger partial charge in [0.05, 0.1) is 18.5 Å². The second-order valence-electron chi connectivity index (χ2n) is 9.29. The van der Waals surface area contributed by atoms with Gasteiger partial charge in [-0.05, 0) is 66.2 Å². The third-order valence-electron chi connectivity index (χ3n) is 6.87. The molecular weight excluding hydrogens is 504 g/mol.